The number of nitrogens with one attached hydrogen (secondary N) is 2. The van der Waals surface area contributed by atoms with E-state index in [-0.39, 0.29) is 5.91 Å². The Hall–Kier alpha value is -3.08. The molecule has 134 valence electrons. The van der Waals surface area contributed by atoms with Gasteiger partial charge < -0.3 is 15.4 Å². The van der Waals surface area contributed by atoms with E-state index >= 15 is 0 Å². The van der Waals surface area contributed by atoms with Gasteiger partial charge in [-0.25, -0.2) is 0 Å². The molecule has 0 spiro atoms. The molecule has 0 atom stereocenters. The molecule has 0 aliphatic carbocycles. The van der Waals surface area contributed by atoms with Crippen LogP contribution in [0.25, 0.3) is 10.9 Å². The Balaban J connectivity index is 1.72. The summed E-state index contributed by atoms with van der Waals surface area (Å²) in [6.45, 7) is 4.36. The predicted octanol–water partition coefficient (Wildman–Crippen LogP) is 4.16. The molecule has 3 aromatic rings. The molecule has 0 fully saturated rings. The van der Waals surface area contributed by atoms with Crippen LogP contribution in [0.15, 0.2) is 48.7 Å². The van der Waals surface area contributed by atoms with Gasteiger partial charge in [0.05, 0.1) is 7.11 Å². The second-order valence-electron chi connectivity index (χ2n) is 6.23. The van der Waals surface area contributed by atoms with Gasteiger partial charge in [0.1, 0.15) is 11.3 Å². The number of hydrogen-bond donors (Lipinski definition) is 2. The summed E-state index contributed by atoms with van der Waals surface area (Å²) in [5.41, 5.74) is 5.08. The van der Waals surface area contributed by atoms with Gasteiger partial charge in [0.25, 0.3) is 0 Å². The maximum Gasteiger partial charge on any atom is 0.221 e. The number of amides is 1. The van der Waals surface area contributed by atoms with Crippen molar-refractivity contribution in [3.8, 4) is 5.75 Å². The molecule has 1 aromatic heterocycles. The molecule has 0 saturated carbocycles. The molecule has 3 rings (SSSR count). The third kappa shape index (κ3) is 3.94. The normalized spacial score (nSPS) is 10.6. The fraction of sp³-hybridized carbons (Fsp3) is 0.238. The van der Waals surface area contributed by atoms with Crippen LogP contribution >= 0.6 is 0 Å². The second-order valence-corrected chi connectivity index (χ2v) is 6.23. The van der Waals surface area contributed by atoms with Crippen LogP contribution in [0.4, 0.5) is 11.4 Å². The van der Waals surface area contributed by atoms with Crippen molar-refractivity contribution < 1.29 is 9.53 Å². The van der Waals surface area contributed by atoms with Gasteiger partial charge in [0, 0.05) is 36.4 Å². The van der Waals surface area contributed by atoms with Gasteiger partial charge in [-0.1, -0.05) is 24.3 Å². The van der Waals surface area contributed by atoms with E-state index in [4.69, 9.17) is 4.74 Å². The van der Waals surface area contributed by atoms with Gasteiger partial charge in [0.2, 0.25) is 5.91 Å². The third-order valence-electron chi connectivity index (χ3n) is 4.26. The molecule has 5 nitrogen and oxygen atoms in total. The average Bonchev–Trinajstić information content (AvgIpc) is 2.64. The fourth-order valence-corrected chi connectivity index (χ4v) is 2.98. The minimum Gasteiger partial charge on any atom is -0.494 e. The molecule has 1 heterocycles. The zero-order valence-electron chi connectivity index (χ0n) is 15.3. The topological polar surface area (TPSA) is 63.2 Å². The lowest BCUT2D eigenvalue weighted by molar-refractivity contribution is -0.114. The monoisotopic (exact) mass is 349 g/mol. The molecule has 1 amide bonds. The molecule has 2 aromatic carbocycles. The minimum absolute atomic E-state index is 0.0603. The molecular formula is C21H23N3O2. The van der Waals surface area contributed by atoms with Crippen LogP contribution < -0.4 is 15.4 Å². The Bertz CT molecular complexity index is 920. The summed E-state index contributed by atoms with van der Waals surface area (Å²) in [6.07, 6.45) is 2.75. The van der Waals surface area contributed by atoms with Crippen LogP contribution in [0.3, 0.4) is 0 Å². The number of aryl methyl sites for hydroxylation is 1. The summed E-state index contributed by atoms with van der Waals surface area (Å²) in [7, 11) is 1.66. The number of ether oxygens (including phenoxy) is 1. The van der Waals surface area contributed by atoms with E-state index in [0.717, 1.165) is 46.6 Å². The van der Waals surface area contributed by atoms with Crippen molar-refractivity contribution in [2.24, 2.45) is 0 Å². The van der Waals surface area contributed by atoms with E-state index in [9.17, 15) is 4.79 Å². The highest BCUT2D eigenvalue weighted by Gasteiger charge is 2.09. The first-order valence-electron chi connectivity index (χ1n) is 8.61. The van der Waals surface area contributed by atoms with Crippen molar-refractivity contribution in [2.45, 2.75) is 20.3 Å². The lowest BCUT2D eigenvalue weighted by atomic mass is 10.1. The first-order valence-corrected chi connectivity index (χ1v) is 8.61. The number of hydrogen-bond acceptors (Lipinski definition) is 4. The molecule has 0 aliphatic heterocycles. The standard InChI is InChI=1S/C21H23N3O2/c1-14-13-23-21-18(5-4-6-19(21)26-3)20(14)22-12-11-16-7-9-17(10-8-16)24-15(2)25/h4-10,13H,11-12H2,1-3H3,(H,22,23)(H,24,25). The van der Waals surface area contributed by atoms with Crippen molar-refractivity contribution in [3.63, 3.8) is 0 Å². The van der Waals surface area contributed by atoms with Crippen molar-refractivity contribution in [2.75, 3.05) is 24.3 Å². The SMILES string of the molecule is COc1cccc2c(NCCc3ccc(NC(C)=O)cc3)c(C)cnc12. The summed E-state index contributed by atoms with van der Waals surface area (Å²) >= 11 is 0. The number of para-hydroxylation sites is 1. The molecule has 5 heteroatoms. The molecule has 26 heavy (non-hydrogen) atoms. The summed E-state index contributed by atoms with van der Waals surface area (Å²) < 4.78 is 5.41. The third-order valence-corrected chi connectivity index (χ3v) is 4.26. The number of benzene rings is 2. The maximum absolute atomic E-state index is 11.1. The second kappa shape index (κ2) is 7.87. The average molecular weight is 349 g/mol. The number of nitrogens with zero attached hydrogens (tertiary/aromatic N) is 1. The molecular weight excluding hydrogens is 326 g/mol. The number of carbonyl (C=O) groups is 1. The highest BCUT2D eigenvalue weighted by molar-refractivity contribution is 5.96. The van der Waals surface area contributed by atoms with Gasteiger partial charge >= 0.3 is 0 Å². The lowest BCUT2D eigenvalue weighted by Gasteiger charge is -2.14. The lowest BCUT2D eigenvalue weighted by Crippen LogP contribution is -2.08. The van der Waals surface area contributed by atoms with Crippen LogP contribution in [0.1, 0.15) is 18.1 Å². The summed E-state index contributed by atoms with van der Waals surface area (Å²) in [5, 5.41) is 7.38. The maximum atomic E-state index is 11.1. The van der Waals surface area contributed by atoms with Crippen LogP contribution in [0.5, 0.6) is 5.75 Å². The van der Waals surface area contributed by atoms with Gasteiger partial charge in [-0.05, 0) is 42.7 Å². The highest BCUT2D eigenvalue weighted by atomic mass is 16.5. The number of methoxy groups -OCH3 is 1. The van der Waals surface area contributed by atoms with E-state index < -0.39 is 0 Å². The van der Waals surface area contributed by atoms with E-state index in [1.54, 1.807) is 7.11 Å². The van der Waals surface area contributed by atoms with Crippen LogP contribution in [-0.2, 0) is 11.2 Å². The number of fused-ring (bicyclic) bond motifs is 1. The zero-order chi connectivity index (χ0) is 18.5. The van der Waals surface area contributed by atoms with E-state index in [1.165, 1.54) is 12.5 Å². The zero-order valence-corrected chi connectivity index (χ0v) is 15.3. The molecule has 0 bridgehead atoms. The van der Waals surface area contributed by atoms with Crippen LogP contribution in [-0.4, -0.2) is 24.5 Å². The Labute approximate surface area is 153 Å². The van der Waals surface area contributed by atoms with Crippen LogP contribution in [0.2, 0.25) is 0 Å². The van der Waals surface area contributed by atoms with E-state index in [2.05, 4.69) is 28.6 Å². The predicted molar refractivity (Wildman–Crippen MR) is 106 cm³/mol. The molecule has 0 unspecified atom stereocenters. The number of carbonyl (C=O) groups excluding carboxylic acids is 1. The summed E-state index contributed by atoms with van der Waals surface area (Å²) in [4.78, 5) is 15.6. The molecule has 0 radical (unpaired) electrons. The Kier molecular flexibility index (Phi) is 5.37. The van der Waals surface area contributed by atoms with Crippen molar-refractivity contribution >= 4 is 28.2 Å². The summed E-state index contributed by atoms with van der Waals surface area (Å²) in [6, 6.07) is 13.9. The van der Waals surface area contributed by atoms with Gasteiger partial charge in [0.15, 0.2) is 0 Å². The minimum atomic E-state index is -0.0603. The van der Waals surface area contributed by atoms with Gasteiger partial charge in [-0.2, -0.15) is 0 Å². The van der Waals surface area contributed by atoms with Gasteiger partial charge in [-0.3, -0.25) is 9.78 Å². The molecule has 2 N–H and O–H groups in total. The number of aromatic nitrogens is 1. The number of anilines is 2. The molecule has 0 aliphatic rings. The van der Waals surface area contributed by atoms with E-state index in [1.807, 2.05) is 42.6 Å². The van der Waals surface area contributed by atoms with Gasteiger partial charge in [-0.15, -0.1) is 0 Å². The smallest absolute Gasteiger partial charge is 0.221 e. The quantitative estimate of drug-likeness (QED) is 0.701. The van der Waals surface area contributed by atoms with Crippen LogP contribution in [0, 0.1) is 6.92 Å². The Morgan fingerprint density at radius 1 is 1.15 bits per heavy atom. The molecule has 0 saturated heterocycles. The Morgan fingerprint density at radius 3 is 2.62 bits per heavy atom. The van der Waals surface area contributed by atoms with Crippen molar-refractivity contribution in [3.05, 3.63) is 59.8 Å². The largest absolute Gasteiger partial charge is 0.494 e. The van der Waals surface area contributed by atoms with Crippen molar-refractivity contribution in [1.29, 1.82) is 0 Å². The van der Waals surface area contributed by atoms with E-state index in [0.29, 0.717) is 0 Å². The Morgan fingerprint density at radius 2 is 1.92 bits per heavy atom. The fourth-order valence-electron chi connectivity index (χ4n) is 2.98. The number of pyridine rings is 1. The first-order chi connectivity index (χ1) is 12.6. The summed E-state index contributed by atoms with van der Waals surface area (Å²) in [5.74, 6) is 0.717. The number of rotatable bonds is 6. The van der Waals surface area contributed by atoms with Crippen molar-refractivity contribution in [1.82, 2.24) is 4.98 Å². The highest BCUT2D eigenvalue weighted by Crippen LogP contribution is 2.31. The first kappa shape index (κ1) is 17.7.